The van der Waals surface area contributed by atoms with Gasteiger partial charge in [0.15, 0.2) is 0 Å². The number of carbonyl (C=O) groups is 2. The van der Waals surface area contributed by atoms with Gasteiger partial charge in [-0.25, -0.2) is 4.79 Å². The zero-order chi connectivity index (χ0) is 23.5. The molecule has 0 atom stereocenters. The van der Waals surface area contributed by atoms with Crippen LogP contribution in [0.1, 0.15) is 47.2 Å². The minimum Gasteiger partial charge on any atom is -0.492 e. The zero-order valence-electron chi connectivity index (χ0n) is 19.7. The molecule has 184 valence electrons. The first-order chi connectivity index (χ1) is 15.8. The average molecular weight is 489 g/mol. The van der Waals surface area contributed by atoms with Gasteiger partial charge < -0.3 is 19.9 Å². The van der Waals surface area contributed by atoms with E-state index >= 15 is 0 Å². The number of nitrogens with one attached hydrogen (secondary N) is 1. The maximum Gasteiger partial charge on any atom is 0.335 e. The molecule has 34 heavy (non-hydrogen) atoms. The summed E-state index contributed by atoms with van der Waals surface area (Å²) in [6, 6.07) is 14.8. The molecule has 2 aromatic rings. The van der Waals surface area contributed by atoms with Gasteiger partial charge in [-0.15, -0.1) is 12.4 Å². The lowest BCUT2D eigenvalue weighted by Gasteiger charge is -2.43. The molecular formula is C26H33ClN2O5. The van der Waals surface area contributed by atoms with Crippen molar-refractivity contribution in [2.75, 3.05) is 33.4 Å². The lowest BCUT2D eigenvalue weighted by atomic mass is 9.86. The van der Waals surface area contributed by atoms with Crippen molar-refractivity contribution < 1.29 is 24.2 Å². The maximum absolute atomic E-state index is 13.7. The van der Waals surface area contributed by atoms with Crippen molar-refractivity contribution in [3.8, 4) is 5.75 Å². The highest BCUT2D eigenvalue weighted by molar-refractivity contribution is 5.88. The fourth-order valence-corrected chi connectivity index (χ4v) is 4.52. The molecule has 4 rings (SSSR count). The predicted octanol–water partition coefficient (Wildman–Crippen LogP) is 3.78. The molecule has 2 aromatic carbocycles. The molecule has 8 heteroatoms. The van der Waals surface area contributed by atoms with E-state index in [1.54, 1.807) is 12.1 Å². The highest BCUT2D eigenvalue weighted by Crippen LogP contribution is 2.46. The number of carboxylic acid groups (broad SMARTS) is 1. The van der Waals surface area contributed by atoms with Gasteiger partial charge in [0.2, 0.25) is 5.91 Å². The fraction of sp³-hybridized carbons (Fsp3) is 0.462. The Labute approximate surface area is 206 Å². The second-order valence-electron chi connectivity index (χ2n) is 9.15. The molecule has 1 saturated carbocycles. The molecular weight excluding hydrogens is 456 g/mol. The van der Waals surface area contributed by atoms with Gasteiger partial charge >= 0.3 is 5.97 Å². The number of aryl methyl sites for hydroxylation is 1. The van der Waals surface area contributed by atoms with Gasteiger partial charge in [0, 0.05) is 19.8 Å². The molecule has 0 bridgehead atoms. The molecule has 1 saturated heterocycles. The minimum atomic E-state index is -0.953. The van der Waals surface area contributed by atoms with Gasteiger partial charge in [-0.2, -0.15) is 0 Å². The molecule has 0 aromatic heterocycles. The van der Waals surface area contributed by atoms with Crippen LogP contribution in [0.2, 0.25) is 0 Å². The molecule has 0 unspecified atom stereocenters. The normalized spacial score (nSPS) is 18.0. The van der Waals surface area contributed by atoms with E-state index in [0.29, 0.717) is 39.2 Å². The van der Waals surface area contributed by atoms with Crippen LogP contribution >= 0.6 is 12.4 Å². The monoisotopic (exact) mass is 488 g/mol. The van der Waals surface area contributed by atoms with Gasteiger partial charge in [-0.1, -0.05) is 29.8 Å². The molecule has 7 nitrogen and oxygen atoms in total. The third-order valence-corrected chi connectivity index (χ3v) is 6.98. The predicted molar refractivity (Wildman–Crippen MR) is 132 cm³/mol. The second kappa shape index (κ2) is 10.8. The summed E-state index contributed by atoms with van der Waals surface area (Å²) in [4.78, 5) is 27.0. The second-order valence-corrected chi connectivity index (χ2v) is 9.15. The smallest absolute Gasteiger partial charge is 0.335 e. The first-order valence-electron chi connectivity index (χ1n) is 11.5. The molecule has 1 heterocycles. The number of hydrogen-bond acceptors (Lipinski definition) is 5. The number of nitrogens with zero attached hydrogens (tertiary/aromatic N) is 1. The number of aromatic carboxylic acids is 1. The number of rotatable bonds is 9. The highest BCUT2D eigenvalue weighted by atomic mass is 35.5. The van der Waals surface area contributed by atoms with Gasteiger partial charge in [0.05, 0.1) is 11.1 Å². The van der Waals surface area contributed by atoms with Crippen molar-refractivity contribution in [2.24, 2.45) is 0 Å². The molecule has 1 amide bonds. The molecule has 2 fully saturated rings. The summed E-state index contributed by atoms with van der Waals surface area (Å²) in [7, 11) is 1.98. The van der Waals surface area contributed by atoms with E-state index in [1.165, 1.54) is 5.56 Å². The molecule has 1 aliphatic carbocycles. The minimum absolute atomic E-state index is 0. The number of amides is 1. The van der Waals surface area contributed by atoms with E-state index < -0.39 is 17.0 Å². The number of likely N-dealkylation sites (N-methyl/N-ethyl adjacent to an activating group) is 1. The van der Waals surface area contributed by atoms with E-state index in [4.69, 9.17) is 14.6 Å². The zero-order valence-corrected chi connectivity index (χ0v) is 20.5. The Hall–Kier alpha value is -2.61. The quantitative estimate of drug-likeness (QED) is 0.558. The van der Waals surface area contributed by atoms with E-state index in [-0.39, 0.29) is 23.9 Å². The highest BCUT2D eigenvalue weighted by Gasteiger charge is 2.51. The number of halogens is 1. The van der Waals surface area contributed by atoms with E-state index in [2.05, 4.69) is 10.2 Å². The number of ether oxygens (including phenoxy) is 2. The van der Waals surface area contributed by atoms with Crippen LogP contribution in [0, 0.1) is 6.92 Å². The van der Waals surface area contributed by atoms with Crippen LogP contribution in [-0.4, -0.2) is 60.8 Å². The van der Waals surface area contributed by atoms with Gasteiger partial charge in [-0.3, -0.25) is 9.69 Å². The van der Waals surface area contributed by atoms with Crippen LogP contribution in [0.4, 0.5) is 0 Å². The molecule has 0 spiro atoms. The number of carboxylic acids is 1. The summed E-state index contributed by atoms with van der Waals surface area (Å²) in [6.45, 7) is 4.21. The summed E-state index contributed by atoms with van der Waals surface area (Å²) in [5.41, 5.74) is 1.30. The summed E-state index contributed by atoms with van der Waals surface area (Å²) < 4.78 is 11.5. The number of benzene rings is 2. The van der Waals surface area contributed by atoms with Crippen LogP contribution in [0.15, 0.2) is 48.5 Å². The van der Waals surface area contributed by atoms with Crippen molar-refractivity contribution in [2.45, 2.75) is 43.7 Å². The summed E-state index contributed by atoms with van der Waals surface area (Å²) in [5, 5.41) is 12.5. The summed E-state index contributed by atoms with van der Waals surface area (Å²) in [6.07, 6.45) is 2.93. The SMILES string of the molecule is Cc1ccc(OCCN(C)C2(C(=O)NC3(c4ccc(C(=O)O)cc4)CC3)CCOCC2)cc1.Cl. The van der Waals surface area contributed by atoms with Crippen LogP contribution in [0.5, 0.6) is 5.75 Å². The topological polar surface area (TPSA) is 88.1 Å². The molecule has 0 radical (unpaired) electrons. The van der Waals surface area contributed by atoms with E-state index in [0.717, 1.165) is 24.2 Å². The third kappa shape index (κ3) is 5.54. The number of carbonyl (C=O) groups excluding carboxylic acids is 1. The summed E-state index contributed by atoms with van der Waals surface area (Å²) >= 11 is 0. The van der Waals surface area contributed by atoms with Crippen molar-refractivity contribution in [3.05, 3.63) is 65.2 Å². The molecule has 2 N–H and O–H groups in total. The van der Waals surface area contributed by atoms with E-state index in [1.807, 2.05) is 50.4 Å². The average Bonchev–Trinajstić information content (AvgIpc) is 3.61. The number of hydrogen-bond donors (Lipinski definition) is 2. The standard InChI is InChI=1S/C26H32N2O5.ClH/c1-19-3-9-22(10-4-19)33-18-15-28(2)26(13-16-32-17-14-26)24(31)27-25(11-12-25)21-7-5-20(6-8-21)23(29)30;/h3-10H,11-18H2,1-2H3,(H,27,31)(H,29,30);1H. The first kappa shape index (κ1) is 26.0. The van der Waals surface area contributed by atoms with Crippen molar-refractivity contribution in [3.63, 3.8) is 0 Å². The Morgan fingerprint density at radius 1 is 1.03 bits per heavy atom. The maximum atomic E-state index is 13.7. The fourth-order valence-electron chi connectivity index (χ4n) is 4.52. The van der Waals surface area contributed by atoms with Crippen LogP contribution in [0.3, 0.4) is 0 Å². The third-order valence-electron chi connectivity index (χ3n) is 6.98. The van der Waals surface area contributed by atoms with E-state index in [9.17, 15) is 9.59 Å². The largest absolute Gasteiger partial charge is 0.492 e. The van der Waals surface area contributed by atoms with Gasteiger partial charge in [0.25, 0.3) is 0 Å². The Balaban J connectivity index is 0.00000324. The lowest BCUT2D eigenvalue weighted by Crippen LogP contribution is -2.62. The van der Waals surface area contributed by atoms with Gasteiger partial charge in [0.1, 0.15) is 17.9 Å². The van der Waals surface area contributed by atoms with Crippen LogP contribution < -0.4 is 10.1 Å². The first-order valence-corrected chi connectivity index (χ1v) is 11.5. The molecule has 2 aliphatic rings. The Bertz CT molecular complexity index is 983. The van der Waals surface area contributed by atoms with Crippen molar-refractivity contribution >= 4 is 24.3 Å². The van der Waals surface area contributed by atoms with Gasteiger partial charge in [-0.05, 0) is 69.5 Å². The van der Waals surface area contributed by atoms with Crippen LogP contribution in [-0.2, 0) is 15.1 Å². The Morgan fingerprint density at radius 3 is 2.21 bits per heavy atom. The Kier molecular flexibility index (Phi) is 8.23. The lowest BCUT2D eigenvalue weighted by molar-refractivity contribution is -0.140. The molecule has 1 aliphatic heterocycles. The van der Waals surface area contributed by atoms with Crippen LogP contribution in [0.25, 0.3) is 0 Å². The summed E-state index contributed by atoms with van der Waals surface area (Å²) in [5.74, 6) is -0.129. The van der Waals surface area contributed by atoms with Crippen molar-refractivity contribution in [1.29, 1.82) is 0 Å². The Morgan fingerprint density at radius 2 is 1.65 bits per heavy atom. The van der Waals surface area contributed by atoms with Crippen molar-refractivity contribution in [1.82, 2.24) is 10.2 Å².